The highest BCUT2D eigenvalue weighted by Crippen LogP contribution is 2.27. The number of piperidine rings is 1. The Balaban J connectivity index is 1.56. The van der Waals surface area contributed by atoms with E-state index in [2.05, 4.69) is 29.2 Å². The van der Waals surface area contributed by atoms with Gasteiger partial charge in [0.15, 0.2) is 5.65 Å². The molecule has 2 aromatic heterocycles. The molecule has 0 atom stereocenters. The van der Waals surface area contributed by atoms with Gasteiger partial charge in [-0.3, -0.25) is 14.7 Å². The highest BCUT2D eigenvalue weighted by atomic mass is 16.5. The van der Waals surface area contributed by atoms with E-state index >= 15 is 0 Å². The second kappa shape index (κ2) is 8.93. The molecule has 31 heavy (non-hydrogen) atoms. The number of likely N-dealkylation sites (tertiary alicyclic amines) is 1. The van der Waals surface area contributed by atoms with Crippen molar-refractivity contribution < 1.29 is 9.53 Å². The standard InChI is InChI=1S/C23H29N5O3/c1-4-31-18-7-5-17(6-8-18)25-23(30)19-14-24-28-21(29)13-20(26-22(19)28)16-9-11-27(12-10-16)15(2)3/h5-8,13-16,24H,4,9-12H2,1-3H3,(H,25,30). The van der Waals surface area contributed by atoms with Gasteiger partial charge in [-0.15, -0.1) is 0 Å². The number of H-pyrrole nitrogens is 1. The number of amides is 1. The molecule has 2 N–H and O–H groups in total. The zero-order valence-corrected chi connectivity index (χ0v) is 18.2. The maximum Gasteiger partial charge on any atom is 0.272 e. The molecule has 1 fully saturated rings. The number of fused-ring (bicyclic) bond motifs is 1. The van der Waals surface area contributed by atoms with Crippen LogP contribution < -0.4 is 15.6 Å². The quantitative estimate of drug-likeness (QED) is 0.635. The molecule has 3 heterocycles. The smallest absolute Gasteiger partial charge is 0.272 e. The third-order valence-corrected chi connectivity index (χ3v) is 5.86. The average molecular weight is 424 g/mol. The van der Waals surface area contributed by atoms with Crippen LogP contribution in [0.3, 0.4) is 0 Å². The third kappa shape index (κ3) is 4.49. The van der Waals surface area contributed by atoms with E-state index in [1.54, 1.807) is 30.3 Å². The zero-order valence-electron chi connectivity index (χ0n) is 18.2. The molecule has 1 aromatic carbocycles. The minimum Gasteiger partial charge on any atom is -0.494 e. The summed E-state index contributed by atoms with van der Waals surface area (Å²) in [7, 11) is 0. The van der Waals surface area contributed by atoms with Crippen molar-refractivity contribution in [3.63, 3.8) is 0 Å². The highest BCUT2D eigenvalue weighted by molar-refractivity contribution is 6.08. The first-order chi connectivity index (χ1) is 15.0. The Morgan fingerprint density at radius 3 is 2.61 bits per heavy atom. The summed E-state index contributed by atoms with van der Waals surface area (Å²) in [6.07, 6.45) is 3.44. The summed E-state index contributed by atoms with van der Waals surface area (Å²) in [6, 6.07) is 9.28. The van der Waals surface area contributed by atoms with Gasteiger partial charge in [0.25, 0.3) is 11.5 Å². The van der Waals surface area contributed by atoms with E-state index in [-0.39, 0.29) is 17.4 Å². The zero-order chi connectivity index (χ0) is 22.0. The number of aromatic nitrogens is 3. The summed E-state index contributed by atoms with van der Waals surface area (Å²) in [6.45, 7) is 8.88. The van der Waals surface area contributed by atoms with E-state index < -0.39 is 0 Å². The van der Waals surface area contributed by atoms with Crippen molar-refractivity contribution in [3.8, 4) is 5.75 Å². The first-order valence-electron chi connectivity index (χ1n) is 10.9. The van der Waals surface area contributed by atoms with Gasteiger partial charge in [-0.05, 0) is 71.0 Å². The van der Waals surface area contributed by atoms with Crippen molar-refractivity contribution in [2.45, 2.75) is 45.6 Å². The minimum atomic E-state index is -0.318. The molecule has 0 radical (unpaired) electrons. The van der Waals surface area contributed by atoms with E-state index in [1.165, 1.54) is 10.7 Å². The van der Waals surface area contributed by atoms with Crippen LogP contribution in [0.1, 0.15) is 55.6 Å². The van der Waals surface area contributed by atoms with Crippen LogP contribution in [0.4, 0.5) is 5.69 Å². The van der Waals surface area contributed by atoms with Gasteiger partial charge >= 0.3 is 0 Å². The number of carbonyl (C=O) groups excluding carboxylic acids is 1. The largest absolute Gasteiger partial charge is 0.494 e. The molecule has 1 aliphatic heterocycles. The van der Waals surface area contributed by atoms with Crippen molar-refractivity contribution in [3.05, 3.63) is 58.1 Å². The average Bonchev–Trinajstić information content (AvgIpc) is 3.20. The fourth-order valence-electron chi connectivity index (χ4n) is 4.09. The second-order valence-corrected chi connectivity index (χ2v) is 8.18. The van der Waals surface area contributed by atoms with Crippen molar-refractivity contribution in [1.29, 1.82) is 0 Å². The van der Waals surface area contributed by atoms with Gasteiger partial charge in [-0.2, -0.15) is 0 Å². The molecule has 0 bridgehead atoms. The van der Waals surface area contributed by atoms with Crippen LogP contribution in [0.5, 0.6) is 5.75 Å². The fourth-order valence-corrected chi connectivity index (χ4v) is 4.09. The Labute approximate surface area is 181 Å². The lowest BCUT2D eigenvalue weighted by molar-refractivity contribution is 0.102. The molecule has 1 amide bonds. The summed E-state index contributed by atoms with van der Waals surface area (Å²) >= 11 is 0. The highest BCUT2D eigenvalue weighted by Gasteiger charge is 2.25. The lowest BCUT2D eigenvalue weighted by Gasteiger charge is -2.34. The van der Waals surface area contributed by atoms with E-state index in [0.717, 1.165) is 37.4 Å². The summed E-state index contributed by atoms with van der Waals surface area (Å²) < 4.78 is 6.75. The topological polar surface area (TPSA) is 91.7 Å². The number of nitrogens with one attached hydrogen (secondary N) is 2. The lowest BCUT2D eigenvalue weighted by Crippen LogP contribution is -2.38. The molecule has 3 aromatic rings. The molecule has 8 nitrogen and oxygen atoms in total. The van der Waals surface area contributed by atoms with Crippen molar-refractivity contribution in [2.24, 2.45) is 0 Å². The fraction of sp³-hybridized carbons (Fsp3) is 0.435. The van der Waals surface area contributed by atoms with Gasteiger partial charge in [-0.25, -0.2) is 9.50 Å². The van der Waals surface area contributed by atoms with Gasteiger partial charge < -0.3 is 15.0 Å². The third-order valence-electron chi connectivity index (χ3n) is 5.86. The van der Waals surface area contributed by atoms with Crippen LogP contribution in [0.2, 0.25) is 0 Å². The molecule has 0 spiro atoms. The molecule has 164 valence electrons. The maximum absolute atomic E-state index is 12.9. The molecule has 1 aliphatic rings. The predicted molar refractivity (Wildman–Crippen MR) is 120 cm³/mol. The van der Waals surface area contributed by atoms with E-state index in [4.69, 9.17) is 9.72 Å². The van der Waals surface area contributed by atoms with Crippen LogP contribution in [0.25, 0.3) is 5.65 Å². The second-order valence-electron chi connectivity index (χ2n) is 8.18. The van der Waals surface area contributed by atoms with Crippen LogP contribution in [-0.4, -0.2) is 51.1 Å². The van der Waals surface area contributed by atoms with Crippen LogP contribution in [0, 0.1) is 0 Å². The van der Waals surface area contributed by atoms with E-state index in [0.29, 0.717) is 29.5 Å². The lowest BCUT2D eigenvalue weighted by atomic mass is 9.92. The monoisotopic (exact) mass is 423 g/mol. The van der Waals surface area contributed by atoms with Gasteiger partial charge in [0.1, 0.15) is 11.3 Å². The van der Waals surface area contributed by atoms with Gasteiger partial charge in [-0.1, -0.05) is 0 Å². The molecule has 0 unspecified atom stereocenters. The Morgan fingerprint density at radius 1 is 1.26 bits per heavy atom. The molecular weight excluding hydrogens is 394 g/mol. The van der Waals surface area contributed by atoms with Crippen molar-refractivity contribution in [1.82, 2.24) is 19.5 Å². The number of carbonyl (C=O) groups is 1. The van der Waals surface area contributed by atoms with Gasteiger partial charge in [0.2, 0.25) is 0 Å². The molecular formula is C23H29N5O3. The molecule has 4 rings (SSSR count). The van der Waals surface area contributed by atoms with Gasteiger partial charge in [0, 0.05) is 29.9 Å². The first kappa shape index (κ1) is 21.1. The van der Waals surface area contributed by atoms with E-state index in [9.17, 15) is 9.59 Å². The Bertz CT molecular complexity index is 1110. The van der Waals surface area contributed by atoms with Crippen molar-refractivity contribution in [2.75, 3.05) is 25.0 Å². The van der Waals surface area contributed by atoms with Crippen LogP contribution in [0.15, 0.2) is 41.3 Å². The number of aromatic amines is 1. The molecule has 1 saturated heterocycles. The normalized spacial score (nSPS) is 15.5. The summed E-state index contributed by atoms with van der Waals surface area (Å²) in [5, 5.41) is 5.72. The predicted octanol–water partition coefficient (Wildman–Crippen LogP) is 3.26. The van der Waals surface area contributed by atoms with Crippen LogP contribution >= 0.6 is 0 Å². The number of hydrogen-bond donors (Lipinski definition) is 2. The summed E-state index contributed by atoms with van der Waals surface area (Å²) in [5.41, 5.74) is 1.91. The van der Waals surface area contributed by atoms with Gasteiger partial charge in [0.05, 0.1) is 12.3 Å². The number of nitrogens with zero attached hydrogens (tertiary/aromatic N) is 3. The summed E-state index contributed by atoms with van der Waals surface area (Å²) in [4.78, 5) is 32.7. The Morgan fingerprint density at radius 2 is 1.97 bits per heavy atom. The van der Waals surface area contributed by atoms with E-state index in [1.807, 2.05) is 6.92 Å². The maximum atomic E-state index is 12.9. The Kier molecular flexibility index (Phi) is 6.08. The number of ether oxygens (including phenoxy) is 1. The molecule has 0 aliphatic carbocycles. The SMILES string of the molecule is CCOc1ccc(NC(=O)c2c[nH]n3c(=O)cc(C4CCN(C(C)C)CC4)nc23)cc1. The van der Waals surface area contributed by atoms with Crippen LogP contribution in [-0.2, 0) is 0 Å². The molecule has 8 heteroatoms. The Hall–Kier alpha value is -3.13. The number of rotatable bonds is 6. The first-order valence-corrected chi connectivity index (χ1v) is 10.9. The number of anilines is 1. The summed E-state index contributed by atoms with van der Waals surface area (Å²) in [5.74, 6) is 0.653. The van der Waals surface area contributed by atoms with Crippen molar-refractivity contribution >= 4 is 17.2 Å². The minimum absolute atomic E-state index is 0.202. The number of benzene rings is 1. The number of hydrogen-bond acceptors (Lipinski definition) is 5. The molecule has 0 saturated carbocycles.